The maximum atomic E-state index is 13.9. The van der Waals surface area contributed by atoms with Crippen LogP contribution in [0.15, 0.2) is 72.8 Å². The zero-order valence-electron chi connectivity index (χ0n) is 33.8. The first-order chi connectivity index (χ1) is 27.4. The van der Waals surface area contributed by atoms with Crippen molar-refractivity contribution in [1.29, 1.82) is 0 Å². The molecule has 1 saturated carbocycles. The number of aromatic amines is 1. The molecule has 0 unspecified atom stereocenters. The molecular formula is C43H57N9O5. The van der Waals surface area contributed by atoms with E-state index in [4.69, 9.17) is 4.74 Å². The summed E-state index contributed by atoms with van der Waals surface area (Å²) >= 11 is 0. The Kier molecular flexibility index (Phi) is 15.3. The van der Waals surface area contributed by atoms with E-state index in [2.05, 4.69) is 60.6 Å². The van der Waals surface area contributed by atoms with E-state index in [1.807, 2.05) is 69.3 Å². The van der Waals surface area contributed by atoms with Gasteiger partial charge >= 0.3 is 6.09 Å². The molecule has 57 heavy (non-hydrogen) atoms. The van der Waals surface area contributed by atoms with Crippen LogP contribution in [0, 0.1) is 11.8 Å². The minimum atomic E-state index is -0.872. The highest BCUT2D eigenvalue weighted by atomic mass is 16.6. The number of aromatic nitrogens is 4. The monoisotopic (exact) mass is 779 g/mol. The molecule has 4 amide bonds. The van der Waals surface area contributed by atoms with E-state index in [9.17, 15) is 19.2 Å². The number of H-pyrrole nitrogens is 1. The third kappa shape index (κ3) is 13.2. The summed E-state index contributed by atoms with van der Waals surface area (Å²) in [6.07, 6.45) is 3.70. The fraction of sp³-hybridized carbons (Fsp3) is 0.465. The van der Waals surface area contributed by atoms with Gasteiger partial charge in [-0.05, 0) is 130 Å². The molecule has 0 spiro atoms. The molecule has 0 radical (unpaired) electrons. The highest BCUT2D eigenvalue weighted by molar-refractivity contribution is 5.98. The Hall–Kier alpha value is -5.63. The lowest BCUT2D eigenvalue weighted by Crippen LogP contribution is -2.48. The van der Waals surface area contributed by atoms with Crippen molar-refractivity contribution in [2.75, 3.05) is 38.0 Å². The topological polar surface area (TPSA) is 183 Å². The molecule has 5 N–H and O–H groups in total. The van der Waals surface area contributed by atoms with Crippen molar-refractivity contribution in [3.05, 3.63) is 83.9 Å². The molecule has 1 fully saturated rings. The molecule has 5 rings (SSSR count). The lowest BCUT2D eigenvalue weighted by atomic mass is 9.81. The summed E-state index contributed by atoms with van der Waals surface area (Å²) in [6.45, 7) is 13.5. The summed E-state index contributed by atoms with van der Waals surface area (Å²) in [5.41, 5.74) is 3.90. The average Bonchev–Trinajstić information content (AvgIpc) is 3.75. The van der Waals surface area contributed by atoms with Crippen molar-refractivity contribution in [2.45, 2.75) is 84.8 Å². The fourth-order valence-electron chi connectivity index (χ4n) is 7.01. The summed E-state index contributed by atoms with van der Waals surface area (Å²) < 4.78 is 5.37. The van der Waals surface area contributed by atoms with Crippen LogP contribution in [-0.2, 0) is 20.7 Å². The SMILES string of the molecule is CCCN(CC)CCNC(=O)c1cccc(-c2cccc(C[C@H](NC(=O)C3CCC(CNC(=O)OC(C)(C)C)CC3)C(=O)Nc3ccc(-c4nn[nH]n4)cc3)c2)c1. The van der Waals surface area contributed by atoms with E-state index in [0.29, 0.717) is 43.0 Å². The standard InChI is InChI=1S/C43H57N9O5/c1-6-23-52(7-2)24-22-44-39(53)35-13-9-12-34(27-35)33-11-8-10-30(25-33)26-37(41(55)46-36-20-18-31(19-21-36)38-48-50-51-49-38)47-40(54)32-16-14-29(15-17-32)28-45-42(56)57-43(3,4)5/h8-13,18-21,25,27,29,32,37H,6-7,14-17,22-24,26,28H2,1-5H3,(H,44,53)(H,45,56)(H,46,55)(H,47,54)(H,48,49,50,51)/t29?,32?,37-/m0/s1. The minimum Gasteiger partial charge on any atom is -0.444 e. The fourth-order valence-corrected chi connectivity index (χ4v) is 7.01. The molecule has 1 aromatic heterocycles. The number of tetrazole rings is 1. The lowest BCUT2D eigenvalue weighted by molar-refractivity contribution is -0.130. The molecule has 3 aromatic carbocycles. The second-order valence-corrected chi connectivity index (χ2v) is 15.6. The molecule has 1 aliphatic rings. The third-order valence-corrected chi connectivity index (χ3v) is 10.1. The number of nitrogens with one attached hydrogen (secondary N) is 5. The Morgan fingerprint density at radius 3 is 2.26 bits per heavy atom. The maximum Gasteiger partial charge on any atom is 0.407 e. The molecule has 1 heterocycles. The van der Waals surface area contributed by atoms with E-state index in [-0.39, 0.29) is 36.0 Å². The summed E-state index contributed by atoms with van der Waals surface area (Å²) in [7, 11) is 0. The van der Waals surface area contributed by atoms with Gasteiger partial charge in [0.2, 0.25) is 17.6 Å². The van der Waals surface area contributed by atoms with Crippen LogP contribution in [-0.4, -0.2) is 93.7 Å². The van der Waals surface area contributed by atoms with Crippen LogP contribution < -0.4 is 21.3 Å². The summed E-state index contributed by atoms with van der Waals surface area (Å²) in [5, 5.41) is 26.0. The van der Waals surface area contributed by atoms with Crippen LogP contribution in [0.5, 0.6) is 0 Å². The van der Waals surface area contributed by atoms with Crippen LogP contribution >= 0.6 is 0 Å². The van der Waals surface area contributed by atoms with E-state index in [0.717, 1.165) is 61.2 Å². The molecule has 1 aliphatic carbocycles. The van der Waals surface area contributed by atoms with Crippen molar-refractivity contribution in [2.24, 2.45) is 11.8 Å². The van der Waals surface area contributed by atoms with E-state index >= 15 is 0 Å². The van der Waals surface area contributed by atoms with E-state index in [1.54, 1.807) is 24.3 Å². The maximum absolute atomic E-state index is 13.9. The van der Waals surface area contributed by atoms with Gasteiger partial charge in [0.25, 0.3) is 5.91 Å². The quantitative estimate of drug-likeness (QED) is 0.0859. The number of carbonyl (C=O) groups is 4. The Morgan fingerprint density at radius 1 is 0.877 bits per heavy atom. The number of ether oxygens (including phenoxy) is 1. The average molecular weight is 780 g/mol. The van der Waals surface area contributed by atoms with Crippen LogP contribution in [0.25, 0.3) is 22.5 Å². The zero-order chi connectivity index (χ0) is 40.8. The number of hydrogen-bond acceptors (Lipinski definition) is 9. The van der Waals surface area contributed by atoms with Gasteiger partial charge in [0, 0.05) is 48.8 Å². The first-order valence-electron chi connectivity index (χ1n) is 20.0. The number of anilines is 1. The van der Waals surface area contributed by atoms with Gasteiger partial charge in [-0.15, -0.1) is 10.2 Å². The second-order valence-electron chi connectivity index (χ2n) is 15.6. The smallest absolute Gasteiger partial charge is 0.407 e. The zero-order valence-corrected chi connectivity index (χ0v) is 33.8. The van der Waals surface area contributed by atoms with Crippen molar-refractivity contribution in [3.8, 4) is 22.5 Å². The highest BCUT2D eigenvalue weighted by Gasteiger charge is 2.30. The molecule has 304 valence electrons. The van der Waals surface area contributed by atoms with Gasteiger partial charge in [-0.25, -0.2) is 4.79 Å². The minimum absolute atomic E-state index is 0.126. The number of likely N-dealkylation sites (N-methyl/N-ethyl adjacent to an activating group) is 1. The molecule has 1 atom stereocenters. The molecule has 0 saturated heterocycles. The third-order valence-electron chi connectivity index (χ3n) is 10.1. The Bertz CT molecular complexity index is 1920. The van der Waals surface area contributed by atoms with E-state index < -0.39 is 17.7 Å². The normalized spacial score (nSPS) is 16.0. The van der Waals surface area contributed by atoms with Gasteiger partial charge in [0.15, 0.2) is 0 Å². The largest absolute Gasteiger partial charge is 0.444 e. The Labute approximate surface area is 335 Å². The lowest BCUT2D eigenvalue weighted by Gasteiger charge is -2.29. The first kappa shape index (κ1) is 42.5. The van der Waals surface area contributed by atoms with Gasteiger partial charge < -0.3 is 30.9 Å². The molecule has 14 heteroatoms. The van der Waals surface area contributed by atoms with E-state index in [1.165, 1.54) is 0 Å². The number of benzene rings is 3. The second kappa shape index (κ2) is 20.5. The summed E-state index contributed by atoms with van der Waals surface area (Å²) in [6, 6.07) is 21.5. The van der Waals surface area contributed by atoms with Crippen LogP contribution in [0.4, 0.5) is 10.5 Å². The van der Waals surface area contributed by atoms with Crippen LogP contribution in [0.1, 0.15) is 82.6 Å². The predicted octanol–water partition coefficient (Wildman–Crippen LogP) is 5.99. The number of alkyl carbamates (subject to hydrolysis) is 1. The van der Waals surface area contributed by atoms with Crippen molar-refractivity contribution < 1.29 is 23.9 Å². The molecule has 0 aliphatic heterocycles. The number of rotatable bonds is 17. The van der Waals surface area contributed by atoms with Crippen molar-refractivity contribution in [3.63, 3.8) is 0 Å². The summed E-state index contributed by atoms with van der Waals surface area (Å²) in [4.78, 5) is 55.3. The number of nitrogens with zero attached hydrogens (tertiary/aromatic N) is 4. The van der Waals surface area contributed by atoms with Crippen molar-refractivity contribution in [1.82, 2.24) is 41.5 Å². The molecule has 14 nitrogen and oxygen atoms in total. The molecule has 0 bridgehead atoms. The molecule has 4 aromatic rings. The molecular weight excluding hydrogens is 723 g/mol. The number of amides is 4. The Morgan fingerprint density at radius 2 is 1.60 bits per heavy atom. The van der Waals surface area contributed by atoms with Gasteiger partial charge in [0.1, 0.15) is 11.6 Å². The van der Waals surface area contributed by atoms with Gasteiger partial charge in [-0.2, -0.15) is 5.21 Å². The van der Waals surface area contributed by atoms with Gasteiger partial charge in [0.05, 0.1) is 0 Å². The number of carbonyl (C=O) groups excluding carboxylic acids is 4. The predicted molar refractivity (Wildman–Crippen MR) is 220 cm³/mol. The summed E-state index contributed by atoms with van der Waals surface area (Å²) in [5.74, 6) is -0.239. The number of hydrogen-bond donors (Lipinski definition) is 5. The van der Waals surface area contributed by atoms with Gasteiger partial charge in [-0.3, -0.25) is 14.4 Å². The highest BCUT2D eigenvalue weighted by Crippen LogP contribution is 2.29. The first-order valence-corrected chi connectivity index (χ1v) is 20.0. The van der Waals surface area contributed by atoms with Crippen LogP contribution in [0.2, 0.25) is 0 Å². The van der Waals surface area contributed by atoms with Crippen molar-refractivity contribution >= 4 is 29.5 Å². The van der Waals surface area contributed by atoms with Crippen LogP contribution in [0.3, 0.4) is 0 Å². The van der Waals surface area contributed by atoms with Gasteiger partial charge in [-0.1, -0.05) is 50.2 Å². The Balaban J connectivity index is 1.26.